The van der Waals surface area contributed by atoms with Crippen LogP contribution in [0, 0.1) is 0 Å². The Hall–Kier alpha value is -0.520. The lowest BCUT2D eigenvalue weighted by atomic mass is 10.3. The fourth-order valence-corrected chi connectivity index (χ4v) is 2.39. The number of amides is 1. The molecule has 18 heavy (non-hydrogen) atoms. The molecule has 5 heteroatoms. The first kappa shape index (κ1) is 15.5. The lowest BCUT2D eigenvalue weighted by Gasteiger charge is -2.17. The molecule has 0 aromatic heterocycles. The lowest BCUT2D eigenvalue weighted by Crippen LogP contribution is -2.30. The highest BCUT2D eigenvalue weighted by molar-refractivity contribution is 9.10. The maximum Gasteiger partial charge on any atom is 0.232 e. The normalized spacial score (nSPS) is 12.2. The smallest absolute Gasteiger partial charge is 0.232 e. The Morgan fingerprint density at radius 1 is 1.44 bits per heavy atom. The molecule has 1 unspecified atom stereocenters. The van der Waals surface area contributed by atoms with Gasteiger partial charge in [-0.15, -0.1) is 11.8 Å². The quantitative estimate of drug-likeness (QED) is 0.815. The molecule has 0 saturated carbocycles. The van der Waals surface area contributed by atoms with Crippen molar-refractivity contribution in [2.24, 2.45) is 0 Å². The number of halogens is 1. The Balaban J connectivity index is 2.34. The summed E-state index contributed by atoms with van der Waals surface area (Å²) >= 11 is 4.90. The van der Waals surface area contributed by atoms with Crippen LogP contribution in [0.1, 0.15) is 13.3 Å². The van der Waals surface area contributed by atoms with E-state index in [0.29, 0.717) is 18.7 Å². The summed E-state index contributed by atoms with van der Waals surface area (Å²) in [5.41, 5.74) is 0. The average molecular weight is 332 g/mol. The molecule has 1 aromatic carbocycles. The summed E-state index contributed by atoms with van der Waals surface area (Å²) < 4.78 is 1.03. The standard InChI is InChI=1S/C13H18BrNO2S/c1-10(16)7-8-15(2)13(17)9-18-12-5-3-11(14)4-6-12/h3-6,10,16H,7-9H2,1-2H3. The number of aliphatic hydroxyl groups is 1. The van der Waals surface area contributed by atoms with E-state index in [9.17, 15) is 4.79 Å². The van der Waals surface area contributed by atoms with Crippen LogP contribution in [0.2, 0.25) is 0 Å². The van der Waals surface area contributed by atoms with Gasteiger partial charge in [0.2, 0.25) is 5.91 Å². The fraction of sp³-hybridized carbons (Fsp3) is 0.462. The lowest BCUT2D eigenvalue weighted by molar-refractivity contribution is -0.127. The molecule has 0 fully saturated rings. The van der Waals surface area contributed by atoms with Gasteiger partial charge in [-0.05, 0) is 37.6 Å². The van der Waals surface area contributed by atoms with Crippen LogP contribution in [0.25, 0.3) is 0 Å². The van der Waals surface area contributed by atoms with Crippen LogP contribution in [0.5, 0.6) is 0 Å². The van der Waals surface area contributed by atoms with Crippen molar-refractivity contribution in [1.82, 2.24) is 4.90 Å². The third kappa shape index (κ3) is 5.89. The Morgan fingerprint density at radius 2 is 2.06 bits per heavy atom. The zero-order valence-electron chi connectivity index (χ0n) is 10.6. The number of thioether (sulfide) groups is 1. The predicted octanol–water partition coefficient (Wildman–Crippen LogP) is 2.77. The highest BCUT2D eigenvalue weighted by Gasteiger charge is 2.10. The van der Waals surface area contributed by atoms with E-state index in [2.05, 4.69) is 15.9 Å². The summed E-state index contributed by atoms with van der Waals surface area (Å²) in [5.74, 6) is 0.515. The third-order valence-electron chi connectivity index (χ3n) is 2.48. The van der Waals surface area contributed by atoms with Gasteiger partial charge < -0.3 is 10.0 Å². The van der Waals surface area contributed by atoms with Gasteiger partial charge in [-0.25, -0.2) is 0 Å². The van der Waals surface area contributed by atoms with Crippen LogP contribution < -0.4 is 0 Å². The van der Waals surface area contributed by atoms with Gasteiger partial charge >= 0.3 is 0 Å². The van der Waals surface area contributed by atoms with Gasteiger partial charge in [0.25, 0.3) is 0 Å². The highest BCUT2D eigenvalue weighted by Crippen LogP contribution is 2.20. The molecule has 0 aliphatic carbocycles. The zero-order chi connectivity index (χ0) is 13.5. The molecule has 0 radical (unpaired) electrons. The molecular weight excluding hydrogens is 314 g/mol. The molecule has 1 aromatic rings. The first-order valence-corrected chi connectivity index (χ1v) is 7.57. The predicted molar refractivity (Wildman–Crippen MR) is 78.8 cm³/mol. The summed E-state index contributed by atoms with van der Waals surface area (Å²) in [6, 6.07) is 7.89. The van der Waals surface area contributed by atoms with Gasteiger partial charge in [-0.1, -0.05) is 15.9 Å². The Labute approximate surface area is 121 Å². The van der Waals surface area contributed by atoms with Gasteiger partial charge in [0.1, 0.15) is 0 Å². The van der Waals surface area contributed by atoms with Crippen molar-refractivity contribution >= 4 is 33.6 Å². The molecule has 0 aliphatic heterocycles. The zero-order valence-corrected chi connectivity index (χ0v) is 13.0. The molecule has 0 spiro atoms. The topological polar surface area (TPSA) is 40.5 Å². The number of benzene rings is 1. The van der Waals surface area contributed by atoms with E-state index < -0.39 is 0 Å². The second-order valence-electron chi connectivity index (χ2n) is 4.20. The molecule has 1 rings (SSSR count). The maximum absolute atomic E-state index is 11.8. The van der Waals surface area contributed by atoms with E-state index in [1.54, 1.807) is 18.9 Å². The minimum absolute atomic E-state index is 0.0866. The van der Waals surface area contributed by atoms with Crippen molar-refractivity contribution in [3.8, 4) is 0 Å². The minimum Gasteiger partial charge on any atom is -0.393 e. The number of hydrogen-bond acceptors (Lipinski definition) is 3. The average Bonchev–Trinajstić information content (AvgIpc) is 2.34. The molecule has 3 nitrogen and oxygen atoms in total. The first-order chi connectivity index (χ1) is 8.49. The third-order valence-corrected chi connectivity index (χ3v) is 4.01. The van der Waals surface area contributed by atoms with Crippen molar-refractivity contribution in [3.63, 3.8) is 0 Å². The van der Waals surface area contributed by atoms with E-state index in [0.717, 1.165) is 9.37 Å². The second-order valence-corrected chi connectivity index (χ2v) is 6.16. The van der Waals surface area contributed by atoms with Crippen LogP contribution >= 0.6 is 27.7 Å². The Morgan fingerprint density at radius 3 is 2.61 bits per heavy atom. The van der Waals surface area contributed by atoms with Crippen molar-refractivity contribution in [2.75, 3.05) is 19.3 Å². The minimum atomic E-state index is -0.362. The molecule has 1 atom stereocenters. The highest BCUT2D eigenvalue weighted by atomic mass is 79.9. The van der Waals surface area contributed by atoms with Crippen molar-refractivity contribution < 1.29 is 9.90 Å². The largest absolute Gasteiger partial charge is 0.393 e. The van der Waals surface area contributed by atoms with Gasteiger partial charge in [0.15, 0.2) is 0 Å². The van der Waals surface area contributed by atoms with Crippen LogP contribution in [0.3, 0.4) is 0 Å². The Bertz CT molecular complexity index is 381. The van der Waals surface area contributed by atoms with Crippen molar-refractivity contribution in [2.45, 2.75) is 24.3 Å². The summed E-state index contributed by atoms with van der Waals surface area (Å²) in [4.78, 5) is 14.6. The molecular formula is C13H18BrNO2S. The monoisotopic (exact) mass is 331 g/mol. The summed E-state index contributed by atoms with van der Waals surface area (Å²) in [6.45, 7) is 2.33. The fourth-order valence-electron chi connectivity index (χ4n) is 1.29. The van der Waals surface area contributed by atoms with E-state index in [1.807, 2.05) is 24.3 Å². The van der Waals surface area contributed by atoms with Crippen LogP contribution in [-0.4, -0.2) is 41.4 Å². The molecule has 0 bridgehead atoms. The summed E-state index contributed by atoms with van der Waals surface area (Å²) in [6.07, 6.45) is 0.255. The van der Waals surface area contributed by atoms with Gasteiger partial charge in [0, 0.05) is 23.0 Å². The van der Waals surface area contributed by atoms with E-state index >= 15 is 0 Å². The molecule has 0 heterocycles. The number of nitrogens with zero attached hydrogens (tertiary/aromatic N) is 1. The number of carbonyl (C=O) groups is 1. The SMILES string of the molecule is CC(O)CCN(C)C(=O)CSc1ccc(Br)cc1. The van der Waals surface area contributed by atoms with Gasteiger partial charge in [-0.3, -0.25) is 4.79 Å². The van der Waals surface area contributed by atoms with Crippen molar-refractivity contribution in [3.05, 3.63) is 28.7 Å². The number of carbonyl (C=O) groups excluding carboxylic acids is 1. The van der Waals surface area contributed by atoms with Gasteiger partial charge in [-0.2, -0.15) is 0 Å². The maximum atomic E-state index is 11.8. The number of aliphatic hydroxyl groups excluding tert-OH is 1. The number of rotatable bonds is 6. The van der Waals surface area contributed by atoms with Crippen LogP contribution in [0.4, 0.5) is 0 Å². The molecule has 1 amide bonds. The first-order valence-electron chi connectivity index (χ1n) is 5.79. The Kier molecular flexibility index (Phi) is 6.75. The summed E-state index contributed by atoms with van der Waals surface area (Å²) in [7, 11) is 1.77. The van der Waals surface area contributed by atoms with Crippen molar-refractivity contribution in [1.29, 1.82) is 0 Å². The number of hydrogen-bond donors (Lipinski definition) is 1. The molecule has 100 valence electrons. The molecule has 1 N–H and O–H groups in total. The van der Waals surface area contributed by atoms with Crippen LogP contribution in [-0.2, 0) is 4.79 Å². The molecule has 0 saturated heterocycles. The summed E-state index contributed by atoms with van der Waals surface area (Å²) in [5, 5.41) is 9.17. The van der Waals surface area contributed by atoms with Crippen LogP contribution in [0.15, 0.2) is 33.6 Å². The molecule has 0 aliphatic rings. The van der Waals surface area contributed by atoms with E-state index in [4.69, 9.17) is 5.11 Å². The van der Waals surface area contributed by atoms with E-state index in [1.165, 1.54) is 11.8 Å². The van der Waals surface area contributed by atoms with E-state index in [-0.39, 0.29) is 12.0 Å². The van der Waals surface area contributed by atoms with Gasteiger partial charge in [0.05, 0.1) is 11.9 Å². The second kappa shape index (κ2) is 7.81.